The molecule has 0 spiro atoms. The molecule has 1 N–H and O–H groups in total. The first-order valence-electron chi connectivity index (χ1n) is 9.92. The molecule has 6 nitrogen and oxygen atoms in total. The van der Waals surface area contributed by atoms with Crippen LogP contribution in [-0.4, -0.2) is 76.6 Å². The summed E-state index contributed by atoms with van der Waals surface area (Å²) in [5.41, 5.74) is 0.686. The number of rotatable bonds is 6. The molecule has 2 aliphatic heterocycles. The van der Waals surface area contributed by atoms with Gasteiger partial charge in [-0.2, -0.15) is 0 Å². The number of nitrogens with one attached hydrogen (secondary N) is 1. The third-order valence-electron chi connectivity index (χ3n) is 5.11. The molecule has 2 heterocycles. The molecule has 158 valence electrons. The fourth-order valence-electron chi connectivity index (χ4n) is 3.56. The number of anilines is 1. The fraction of sp³-hybridized carbons (Fsp3) is 0.650. The molecule has 0 bridgehead atoms. The maximum absolute atomic E-state index is 14.0. The van der Waals surface area contributed by atoms with Crippen molar-refractivity contribution >= 4 is 35.6 Å². The Balaban J connectivity index is 0.00000280. The van der Waals surface area contributed by atoms with E-state index >= 15 is 0 Å². The van der Waals surface area contributed by atoms with E-state index in [0.717, 1.165) is 77.8 Å². The molecule has 1 aromatic carbocycles. The van der Waals surface area contributed by atoms with E-state index in [1.165, 1.54) is 6.07 Å². The van der Waals surface area contributed by atoms with Crippen molar-refractivity contribution in [1.82, 2.24) is 10.2 Å². The second kappa shape index (κ2) is 12.4. The van der Waals surface area contributed by atoms with E-state index in [1.54, 1.807) is 6.07 Å². The normalized spacial score (nSPS) is 18.7. The molecule has 0 aromatic heterocycles. The Bertz CT molecular complexity index is 606. The molecule has 0 atom stereocenters. The van der Waals surface area contributed by atoms with E-state index in [0.29, 0.717) is 11.8 Å². The number of piperazine rings is 1. The van der Waals surface area contributed by atoms with Gasteiger partial charge in [-0.05, 0) is 31.4 Å². The van der Waals surface area contributed by atoms with Crippen LogP contribution in [0, 0.1) is 5.82 Å². The Morgan fingerprint density at radius 2 is 1.93 bits per heavy atom. The van der Waals surface area contributed by atoms with E-state index < -0.39 is 0 Å². The molecular weight excluding hydrogens is 474 g/mol. The summed E-state index contributed by atoms with van der Waals surface area (Å²) in [5.74, 6) is 0.757. The van der Waals surface area contributed by atoms with Crippen LogP contribution in [0.1, 0.15) is 19.3 Å². The summed E-state index contributed by atoms with van der Waals surface area (Å²) < 4.78 is 25.2. The number of guanidine groups is 1. The average Bonchev–Trinajstić information content (AvgIpc) is 2.72. The number of halogens is 2. The lowest BCUT2D eigenvalue weighted by Gasteiger charge is -2.37. The van der Waals surface area contributed by atoms with Gasteiger partial charge in [-0.1, -0.05) is 12.1 Å². The van der Waals surface area contributed by atoms with Crippen molar-refractivity contribution in [2.24, 2.45) is 4.99 Å². The standard InChI is InChI=1S/C20H31FN4O2.HI/c1-22-20(23-9-4-14-27-17-7-15-26-16-8-17)25-12-10-24(11-13-25)19-6-3-2-5-18(19)21;/h2-3,5-6,17H,4,7-16H2,1H3,(H,22,23);1H. The predicted octanol–water partition coefficient (Wildman–Crippen LogP) is 2.73. The van der Waals surface area contributed by atoms with E-state index in [4.69, 9.17) is 9.47 Å². The van der Waals surface area contributed by atoms with Crippen LogP contribution >= 0.6 is 24.0 Å². The van der Waals surface area contributed by atoms with Crippen molar-refractivity contribution in [2.45, 2.75) is 25.4 Å². The van der Waals surface area contributed by atoms with E-state index in [1.807, 2.05) is 19.2 Å². The number of para-hydroxylation sites is 1. The highest BCUT2D eigenvalue weighted by Crippen LogP contribution is 2.20. The summed E-state index contributed by atoms with van der Waals surface area (Å²) in [6, 6.07) is 6.97. The van der Waals surface area contributed by atoms with E-state index in [9.17, 15) is 4.39 Å². The van der Waals surface area contributed by atoms with Crippen LogP contribution in [0.2, 0.25) is 0 Å². The first-order valence-corrected chi connectivity index (χ1v) is 9.92. The predicted molar refractivity (Wildman–Crippen MR) is 121 cm³/mol. The Kier molecular flexibility index (Phi) is 10.3. The van der Waals surface area contributed by atoms with Gasteiger partial charge in [0.15, 0.2) is 5.96 Å². The monoisotopic (exact) mass is 506 g/mol. The first-order chi connectivity index (χ1) is 13.3. The first kappa shape index (κ1) is 23.2. The van der Waals surface area contributed by atoms with Crippen molar-refractivity contribution in [3.05, 3.63) is 30.1 Å². The third-order valence-corrected chi connectivity index (χ3v) is 5.11. The van der Waals surface area contributed by atoms with Crippen LogP contribution in [0.15, 0.2) is 29.3 Å². The summed E-state index contributed by atoms with van der Waals surface area (Å²) in [4.78, 5) is 8.73. The Labute approximate surface area is 184 Å². The molecule has 2 fully saturated rings. The van der Waals surface area contributed by atoms with Gasteiger partial charge in [-0.3, -0.25) is 4.99 Å². The van der Waals surface area contributed by atoms with Gasteiger partial charge in [0.2, 0.25) is 0 Å². The highest BCUT2D eigenvalue weighted by Gasteiger charge is 2.21. The summed E-state index contributed by atoms with van der Waals surface area (Å²) in [5, 5.41) is 3.42. The molecule has 0 aliphatic carbocycles. The zero-order valence-corrected chi connectivity index (χ0v) is 18.9. The second-order valence-corrected chi connectivity index (χ2v) is 6.94. The highest BCUT2D eigenvalue weighted by molar-refractivity contribution is 14.0. The summed E-state index contributed by atoms with van der Waals surface area (Å²) in [6.07, 6.45) is 3.30. The molecule has 2 aliphatic rings. The average molecular weight is 506 g/mol. The van der Waals surface area contributed by atoms with Gasteiger partial charge in [0.05, 0.1) is 11.8 Å². The molecule has 0 amide bonds. The summed E-state index contributed by atoms with van der Waals surface area (Å²) in [6.45, 7) is 6.45. The van der Waals surface area contributed by atoms with Gasteiger partial charge in [0, 0.05) is 59.6 Å². The molecule has 3 rings (SSSR count). The lowest BCUT2D eigenvalue weighted by Crippen LogP contribution is -2.52. The van der Waals surface area contributed by atoms with Crippen molar-refractivity contribution in [3.63, 3.8) is 0 Å². The van der Waals surface area contributed by atoms with Crippen LogP contribution in [0.5, 0.6) is 0 Å². The smallest absolute Gasteiger partial charge is 0.193 e. The van der Waals surface area contributed by atoms with Gasteiger partial charge in [0.1, 0.15) is 5.82 Å². The lowest BCUT2D eigenvalue weighted by atomic mass is 10.1. The van der Waals surface area contributed by atoms with Gasteiger partial charge in [0.25, 0.3) is 0 Å². The number of hydrogen-bond donors (Lipinski definition) is 1. The Morgan fingerprint density at radius 3 is 2.61 bits per heavy atom. The van der Waals surface area contributed by atoms with E-state index in [-0.39, 0.29) is 29.8 Å². The molecular formula is C20H32FIN4O2. The van der Waals surface area contributed by atoms with Crippen LogP contribution in [-0.2, 0) is 9.47 Å². The number of nitrogens with zero attached hydrogens (tertiary/aromatic N) is 3. The van der Waals surface area contributed by atoms with Crippen LogP contribution in [0.3, 0.4) is 0 Å². The Hall–Kier alpha value is -1.13. The van der Waals surface area contributed by atoms with Gasteiger partial charge in [-0.25, -0.2) is 4.39 Å². The zero-order chi connectivity index (χ0) is 18.9. The number of hydrogen-bond acceptors (Lipinski definition) is 4. The van der Waals surface area contributed by atoms with Crippen LogP contribution in [0.25, 0.3) is 0 Å². The number of aliphatic imine (C=N–C) groups is 1. The quantitative estimate of drug-likeness (QED) is 0.279. The van der Waals surface area contributed by atoms with Crippen molar-refractivity contribution < 1.29 is 13.9 Å². The maximum Gasteiger partial charge on any atom is 0.193 e. The maximum atomic E-state index is 14.0. The van der Waals surface area contributed by atoms with Crippen LogP contribution < -0.4 is 10.2 Å². The summed E-state index contributed by atoms with van der Waals surface area (Å²) in [7, 11) is 1.81. The molecule has 2 saturated heterocycles. The van der Waals surface area contributed by atoms with Crippen LogP contribution in [0.4, 0.5) is 10.1 Å². The fourth-order valence-corrected chi connectivity index (χ4v) is 3.56. The minimum atomic E-state index is -0.155. The second-order valence-electron chi connectivity index (χ2n) is 6.94. The van der Waals surface area contributed by atoms with Crippen molar-refractivity contribution in [3.8, 4) is 0 Å². The molecule has 0 radical (unpaired) electrons. The third kappa shape index (κ3) is 6.73. The van der Waals surface area contributed by atoms with Crippen molar-refractivity contribution in [1.29, 1.82) is 0 Å². The van der Waals surface area contributed by atoms with Crippen molar-refractivity contribution in [2.75, 3.05) is 64.5 Å². The molecule has 0 saturated carbocycles. The topological polar surface area (TPSA) is 49.3 Å². The molecule has 0 unspecified atom stereocenters. The van der Waals surface area contributed by atoms with Gasteiger partial charge >= 0.3 is 0 Å². The Morgan fingerprint density at radius 1 is 1.21 bits per heavy atom. The molecule has 8 heteroatoms. The minimum absolute atomic E-state index is 0. The highest BCUT2D eigenvalue weighted by atomic mass is 127. The van der Waals surface area contributed by atoms with E-state index in [2.05, 4.69) is 20.1 Å². The minimum Gasteiger partial charge on any atom is -0.381 e. The lowest BCUT2D eigenvalue weighted by molar-refractivity contribution is -0.0320. The zero-order valence-electron chi connectivity index (χ0n) is 16.6. The van der Waals surface area contributed by atoms with Gasteiger partial charge in [-0.15, -0.1) is 24.0 Å². The van der Waals surface area contributed by atoms with Gasteiger partial charge < -0.3 is 24.6 Å². The largest absolute Gasteiger partial charge is 0.381 e. The SMILES string of the molecule is CN=C(NCCCOC1CCOCC1)N1CCN(c2ccccc2F)CC1.I. The molecule has 28 heavy (non-hydrogen) atoms. The molecule has 1 aromatic rings. The number of benzene rings is 1. The summed E-state index contributed by atoms with van der Waals surface area (Å²) >= 11 is 0. The number of ether oxygens (including phenoxy) is 2.